The maximum Gasteiger partial charge on any atom is 0.0511 e. The third kappa shape index (κ3) is 3.22. The summed E-state index contributed by atoms with van der Waals surface area (Å²) < 4.78 is 0. The summed E-state index contributed by atoms with van der Waals surface area (Å²) in [6, 6.07) is 8.31. The maximum absolute atomic E-state index is 9.24. The van der Waals surface area contributed by atoms with Gasteiger partial charge in [-0.3, -0.25) is 0 Å². The van der Waals surface area contributed by atoms with E-state index in [0.29, 0.717) is 0 Å². The highest BCUT2D eigenvalue weighted by Gasteiger charge is 2.08. The van der Waals surface area contributed by atoms with Crippen molar-refractivity contribution in [2.24, 2.45) is 0 Å². The van der Waals surface area contributed by atoms with Gasteiger partial charge in [-0.2, -0.15) is 0 Å². The first-order valence-corrected chi connectivity index (χ1v) is 5.21. The Bertz CT molecular complexity index is 282. The Morgan fingerprint density at radius 3 is 2.27 bits per heavy atom. The summed E-state index contributed by atoms with van der Waals surface area (Å²) in [5.41, 5.74) is 2.36. The molecule has 0 amide bonds. The Morgan fingerprint density at radius 1 is 1.27 bits per heavy atom. The van der Waals surface area contributed by atoms with Gasteiger partial charge in [0.25, 0.3) is 0 Å². The van der Waals surface area contributed by atoms with Crippen LogP contribution in [-0.2, 0) is 0 Å². The first kappa shape index (κ1) is 12.0. The molecule has 3 heteroatoms. The molecule has 0 aliphatic heterocycles. The molecule has 0 fully saturated rings. The number of nitrogens with one attached hydrogen (secondary N) is 1. The molecular formula is C12H20N2O. The zero-order valence-corrected chi connectivity index (χ0v) is 9.70. The van der Waals surface area contributed by atoms with Gasteiger partial charge in [-0.1, -0.05) is 12.1 Å². The van der Waals surface area contributed by atoms with E-state index in [1.54, 1.807) is 0 Å². The smallest absolute Gasteiger partial charge is 0.0511 e. The van der Waals surface area contributed by atoms with Gasteiger partial charge in [0, 0.05) is 32.2 Å². The van der Waals surface area contributed by atoms with E-state index in [-0.39, 0.29) is 12.5 Å². The van der Waals surface area contributed by atoms with Crippen LogP contribution < -0.4 is 10.2 Å². The molecule has 0 bridgehead atoms. The lowest BCUT2D eigenvalue weighted by Crippen LogP contribution is -2.20. The van der Waals surface area contributed by atoms with E-state index in [2.05, 4.69) is 34.5 Å². The number of likely N-dealkylation sites (N-methyl/N-ethyl adjacent to an activating group) is 1. The summed E-state index contributed by atoms with van der Waals surface area (Å²) >= 11 is 0. The molecule has 15 heavy (non-hydrogen) atoms. The highest BCUT2D eigenvalue weighted by atomic mass is 16.3. The maximum atomic E-state index is 9.24. The van der Waals surface area contributed by atoms with Crippen molar-refractivity contribution in [3.05, 3.63) is 29.8 Å². The normalized spacial score (nSPS) is 12.5. The van der Waals surface area contributed by atoms with Gasteiger partial charge in [-0.15, -0.1) is 0 Å². The SMILES string of the molecule is CNCC(CO)c1ccc(N(C)C)cc1. The first-order chi connectivity index (χ1) is 7.19. The lowest BCUT2D eigenvalue weighted by atomic mass is 10.00. The average Bonchev–Trinajstić information content (AvgIpc) is 2.26. The lowest BCUT2D eigenvalue weighted by Gasteiger charge is -2.16. The van der Waals surface area contributed by atoms with Crippen molar-refractivity contribution in [3.63, 3.8) is 0 Å². The van der Waals surface area contributed by atoms with Gasteiger partial charge >= 0.3 is 0 Å². The number of hydrogen-bond donors (Lipinski definition) is 2. The molecule has 1 rings (SSSR count). The third-order valence-corrected chi connectivity index (χ3v) is 2.55. The minimum Gasteiger partial charge on any atom is -0.396 e. The van der Waals surface area contributed by atoms with Crippen molar-refractivity contribution in [2.75, 3.05) is 39.2 Å². The highest BCUT2D eigenvalue weighted by Crippen LogP contribution is 2.18. The number of aliphatic hydroxyl groups is 1. The molecule has 84 valence electrons. The van der Waals surface area contributed by atoms with Gasteiger partial charge in [0.2, 0.25) is 0 Å². The molecule has 0 heterocycles. The summed E-state index contributed by atoms with van der Waals surface area (Å²) in [5.74, 6) is 0.186. The molecule has 0 spiro atoms. The van der Waals surface area contributed by atoms with Gasteiger partial charge in [0.05, 0.1) is 6.61 Å². The largest absolute Gasteiger partial charge is 0.396 e. The van der Waals surface area contributed by atoms with Crippen molar-refractivity contribution in [1.82, 2.24) is 5.32 Å². The van der Waals surface area contributed by atoms with E-state index in [1.165, 1.54) is 11.3 Å². The number of hydrogen-bond acceptors (Lipinski definition) is 3. The Hall–Kier alpha value is -1.06. The zero-order chi connectivity index (χ0) is 11.3. The summed E-state index contributed by atoms with van der Waals surface area (Å²) in [7, 11) is 5.94. The highest BCUT2D eigenvalue weighted by molar-refractivity contribution is 5.46. The van der Waals surface area contributed by atoms with E-state index in [4.69, 9.17) is 0 Å². The van der Waals surface area contributed by atoms with Crippen molar-refractivity contribution in [3.8, 4) is 0 Å². The van der Waals surface area contributed by atoms with E-state index in [9.17, 15) is 5.11 Å². The van der Waals surface area contributed by atoms with Crippen molar-refractivity contribution in [1.29, 1.82) is 0 Å². The monoisotopic (exact) mass is 208 g/mol. The molecule has 1 atom stereocenters. The van der Waals surface area contributed by atoms with Crippen LogP contribution in [0.5, 0.6) is 0 Å². The number of aliphatic hydroxyl groups excluding tert-OH is 1. The summed E-state index contributed by atoms with van der Waals surface area (Å²) in [6.45, 7) is 0.986. The second-order valence-corrected chi connectivity index (χ2v) is 3.92. The topological polar surface area (TPSA) is 35.5 Å². The Balaban J connectivity index is 2.77. The minimum absolute atomic E-state index is 0.183. The molecule has 0 aliphatic rings. The van der Waals surface area contributed by atoms with Crippen molar-refractivity contribution < 1.29 is 5.11 Å². The number of benzene rings is 1. The van der Waals surface area contributed by atoms with E-state index >= 15 is 0 Å². The third-order valence-electron chi connectivity index (χ3n) is 2.55. The zero-order valence-electron chi connectivity index (χ0n) is 9.70. The molecule has 0 saturated carbocycles. The van der Waals surface area contributed by atoms with Crippen LogP contribution in [0.4, 0.5) is 5.69 Å². The molecule has 1 aromatic rings. The van der Waals surface area contributed by atoms with Crippen LogP contribution >= 0.6 is 0 Å². The second kappa shape index (κ2) is 5.73. The Kier molecular flexibility index (Phi) is 4.59. The van der Waals surface area contributed by atoms with Crippen LogP contribution in [0.15, 0.2) is 24.3 Å². The van der Waals surface area contributed by atoms with Gasteiger partial charge in [-0.25, -0.2) is 0 Å². The summed E-state index contributed by atoms with van der Waals surface area (Å²) in [4.78, 5) is 2.07. The van der Waals surface area contributed by atoms with Gasteiger partial charge < -0.3 is 15.3 Å². The molecule has 3 nitrogen and oxygen atoms in total. The molecule has 2 N–H and O–H groups in total. The Morgan fingerprint density at radius 2 is 1.87 bits per heavy atom. The molecule has 0 saturated heterocycles. The number of nitrogens with zero attached hydrogens (tertiary/aromatic N) is 1. The van der Waals surface area contributed by atoms with Crippen LogP contribution in [0.25, 0.3) is 0 Å². The van der Waals surface area contributed by atoms with E-state index in [0.717, 1.165) is 6.54 Å². The molecular weight excluding hydrogens is 188 g/mol. The van der Waals surface area contributed by atoms with Gasteiger partial charge in [-0.05, 0) is 24.7 Å². The van der Waals surface area contributed by atoms with Gasteiger partial charge in [0.1, 0.15) is 0 Å². The minimum atomic E-state index is 0.183. The standard InChI is InChI=1S/C12H20N2O/c1-13-8-11(9-15)10-4-6-12(7-5-10)14(2)3/h4-7,11,13,15H,8-9H2,1-3H3. The lowest BCUT2D eigenvalue weighted by molar-refractivity contribution is 0.263. The fourth-order valence-corrected chi connectivity index (χ4v) is 1.58. The average molecular weight is 208 g/mol. The molecule has 1 unspecified atom stereocenters. The van der Waals surface area contributed by atoms with E-state index in [1.807, 2.05) is 21.1 Å². The number of anilines is 1. The molecule has 0 aliphatic carbocycles. The predicted octanol–water partition coefficient (Wildman–Crippen LogP) is 1.05. The van der Waals surface area contributed by atoms with E-state index < -0.39 is 0 Å². The van der Waals surface area contributed by atoms with Crippen molar-refractivity contribution >= 4 is 5.69 Å². The summed E-state index contributed by atoms with van der Waals surface area (Å²) in [5, 5.41) is 12.3. The molecule has 0 aromatic heterocycles. The van der Waals surface area contributed by atoms with Gasteiger partial charge in [0.15, 0.2) is 0 Å². The van der Waals surface area contributed by atoms with Crippen molar-refractivity contribution in [2.45, 2.75) is 5.92 Å². The van der Waals surface area contributed by atoms with Crippen LogP contribution in [0.1, 0.15) is 11.5 Å². The first-order valence-electron chi connectivity index (χ1n) is 5.21. The Labute approximate surface area is 91.7 Å². The number of rotatable bonds is 5. The predicted molar refractivity (Wildman–Crippen MR) is 64.5 cm³/mol. The molecule has 0 radical (unpaired) electrons. The van der Waals surface area contributed by atoms with Crippen LogP contribution in [0.2, 0.25) is 0 Å². The summed E-state index contributed by atoms with van der Waals surface area (Å²) in [6.07, 6.45) is 0. The second-order valence-electron chi connectivity index (χ2n) is 3.92. The molecule has 1 aromatic carbocycles. The fourth-order valence-electron chi connectivity index (χ4n) is 1.58. The fraction of sp³-hybridized carbons (Fsp3) is 0.500. The van der Waals surface area contributed by atoms with Crippen LogP contribution in [-0.4, -0.2) is 39.4 Å². The van der Waals surface area contributed by atoms with Crippen LogP contribution in [0, 0.1) is 0 Å². The van der Waals surface area contributed by atoms with Crippen LogP contribution in [0.3, 0.4) is 0 Å². The quantitative estimate of drug-likeness (QED) is 0.759.